The number of hydrogen-bond acceptors (Lipinski definition) is 1. The molecule has 9 heavy (non-hydrogen) atoms. The van der Waals surface area contributed by atoms with Crippen LogP contribution in [-0.2, 0) is 0 Å². The Morgan fingerprint density at radius 2 is 2.22 bits per heavy atom. The van der Waals surface area contributed by atoms with Crippen LogP contribution in [0, 0.1) is 0 Å². The van der Waals surface area contributed by atoms with Gasteiger partial charge in [0.25, 0.3) is 0 Å². The molecule has 0 aliphatic carbocycles. The predicted molar refractivity (Wildman–Crippen MR) is 42.3 cm³/mol. The average molecular weight is 125 g/mol. The highest BCUT2D eigenvalue weighted by atomic mass is 15.1. The van der Waals surface area contributed by atoms with Gasteiger partial charge in [-0.25, -0.2) is 0 Å². The summed E-state index contributed by atoms with van der Waals surface area (Å²) >= 11 is 0. The van der Waals surface area contributed by atoms with Crippen LogP contribution in [0.1, 0.15) is 13.8 Å². The third-order valence-electron chi connectivity index (χ3n) is 1.44. The van der Waals surface area contributed by atoms with Crippen LogP contribution in [0.4, 0.5) is 0 Å². The lowest BCUT2D eigenvalue weighted by Crippen LogP contribution is -2.14. The third-order valence-corrected chi connectivity index (χ3v) is 1.44. The highest BCUT2D eigenvalue weighted by Gasteiger charge is 1.90. The molecule has 0 amide bonds. The highest BCUT2D eigenvalue weighted by Crippen LogP contribution is 1.97. The van der Waals surface area contributed by atoms with Crippen molar-refractivity contribution < 1.29 is 0 Å². The maximum absolute atomic E-state index is 3.61. The van der Waals surface area contributed by atoms with Crippen molar-refractivity contribution in [2.45, 2.75) is 13.8 Å². The minimum atomic E-state index is 1.05. The van der Waals surface area contributed by atoms with Crippen LogP contribution in [0.25, 0.3) is 0 Å². The van der Waals surface area contributed by atoms with Crippen molar-refractivity contribution >= 4 is 0 Å². The number of nitrogens with zero attached hydrogens (tertiary/aromatic N) is 1. The van der Waals surface area contributed by atoms with E-state index in [1.165, 1.54) is 5.70 Å². The molecule has 0 aliphatic rings. The first-order valence-electron chi connectivity index (χ1n) is 3.22. The zero-order valence-electron chi connectivity index (χ0n) is 6.52. The van der Waals surface area contributed by atoms with Crippen LogP contribution in [0.15, 0.2) is 24.4 Å². The summed E-state index contributed by atoms with van der Waals surface area (Å²) in [6.07, 6.45) is 3.81. The molecule has 0 aromatic rings. The van der Waals surface area contributed by atoms with Crippen LogP contribution >= 0.6 is 0 Å². The Hall–Kier alpha value is -0.720. The molecule has 0 saturated carbocycles. The fourth-order valence-corrected chi connectivity index (χ4v) is 0.547. The standard InChI is InChI=1S/C8H15N/c1-5-7-8(3)9(4)6-2/h5,7H,1,6H2,2-4H3/b8-7+. The molecule has 0 rings (SSSR count). The molecule has 0 aromatic carbocycles. The molecular formula is C8H15N. The van der Waals surface area contributed by atoms with Gasteiger partial charge in [0.2, 0.25) is 0 Å². The summed E-state index contributed by atoms with van der Waals surface area (Å²) in [5, 5.41) is 0. The van der Waals surface area contributed by atoms with Gasteiger partial charge in [0, 0.05) is 19.3 Å². The second-order valence-electron chi connectivity index (χ2n) is 2.06. The Labute approximate surface area is 57.7 Å². The van der Waals surface area contributed by atoms with Gasteiger partial charge in [0.05, 0.1) is 0 Å². The predicted octanol–water partition coefficient (Wildman–Crippen LogP) is 2.03. The van der Waals surface area contributed by atoms with Crippen LogP contribution in [0.2, 0.25) is 0 Å². The lowest BCUT2D eigenvalue weighted by atomic mass is 10.4. The van der Waals surface area contributed by atoms with E-state index < -0.39 is 0 Å². The van der Waals surface area contributed by atoms with Crippen LogP contribution in [0.3, 0.4) is 0 Å². The average Bonchev–Trinajstić information content (AvgIpc) is 1.87. The lowest BCUT2D eigenvalue weighted by Gasteiger charge is -2.15. The summed E-state index contributed by atoms with van der Waals surface area (Å²) < 4.78 is 0. The fraction of sp³-hybridized carbons (Fsp3) is 0.500. The molecule has 0 spiro atoms. The van der Waals surface area contributed by atoms with Crippen molar-refractivity contribution in [3.63, 3.8) is 0 Å². The molecule has 0 unspecified atom stereocenters. The first-order valence-corrected chi connectivity index (χ1v) is 3.22. The topological polar surface area (TPSA) is 3.24 Å². The van der Waals surface area contributed by atoms with Crippen molar-refractivity contribution in [1.29, 1.82) is 0 Å². The Balaban J connectivity index is 3.84. The van der Waals surface area contributed by atoms with Crippen molar-refractivity contribution in [2.75, 3.05) is 13.6 Å². The SMILES string of the molecule is C=C/C=C(\C)N(C)CC. The van der Waals surface area contributed by atoms with Gasteiger partial charge in [-0.05, 0) is 19.9 Å². The Morgan fingerprint density at radius 1 is 1.67 bits per heavy atom. The number of rotatable bonds is 3. The first kappa shape index (κ1) is 8.28. The number of hydrogen-bond donors (Lipinski definition) is 0. The summed E-state index contributed by atoms with van der Waals surface area (Å²) in [4.78, 5) is 2.17. The van der Waals surface area contributed by atoms with Gasteiger partial charge in [-0.15, -0.1) is 0 Å². The zero-order chi connectivity index (χ0) is 7.28. The molecule has 0 aromatic heterocycles. The van der Waals surface area contributed by atoms with Gasteiger partial charge < -0.3 is 4.90 Å². The van der Waals surface area contributed by atoms with Crippen LogP contribution in [0.5, 0.6) is 0 Å². The van der Waals surface area contributed by atoms with E-state index >= 15 is 0 Å². The smallest absolute Gasteiger partial charge is 0.0143 e. The summed E-state index contributed by atoms with van der Waals surface area (Å²) in [5.74, 6) is 0. The minimum Gasteiger partial charge on any atom is -0.378 e. The maximum atomic E-state index is 3.61. The molecule has 52 valence electrons. The molecule has 0 aliphatic heterocycles. The zero-order valence-corrected chi connectivity index (χ0v) is 6.52. The summed E-state index contributed by atoms with van der Waals surface area (Å²) in [5.41, 5.74) is 1.26. The van der Waals surface area contributed by atoms with Gasteiger partial charge in [-0.2, -0.15) is 0 Å². The largest absolute Gasteiger partial charge is 0.378 e. The Bertz CT molecular complexity index is 114. The first-order chi connectivity index (χ1) is 4.22. The molecule has 0 radical (unpaired) electrons. The quantitative estimate of drug-likeness (QED) is 0.522. The number of allylic oxidation sites excluding steroid dienone is 3. The molecule has 0 saturated heterocycles. The Kier molecular flexibility index (Phi) is 3.85. The second kappa shape index (κ2) is 4.19. The van der Waals surface area contributed by atoms with Gasteiger partial charge in [0.1, 0.15) is 0 Å². The minimum absolute atomic E-state index is 1.05. The van der Waals surface area contributed by atoms with Gasteiger partial charge in [0.15, 0.2) is 0 Å². The van der Waals surface area contributed by atoms with E-state index in [1.54, 1.807) is 0 Å². The molecule has 1 nitrogen and oxygen atoms in total. The maximum Gasteiger partial charge on any atom is 0.0143 e. The Morgan fingerprint density at radius 3 is 2.56 bits per heavy atom. The molecule has 0 heterocycles. The van der Waals surface area contributed by atoms with E-state index in [-0.39, 0.29) is 0 Å². The van der Waals surface area contributed by atoms with Crippen molar-refractivity contribution in [3.8, 4) is 0 Å². The molecule has 0 bridgehead atoms. The monoisotopic (exact) mass is 125 g/mol. The molecular weight excluding hydrogens is 110 g/mol. The third kappa shape index (κ3) is 2.96. The molecule has 0 N–H and O–H groups in total. The summed E-state index contributed by atoms with van der Waals surface area (Å²) in [6, 6.07) is 0. The summed E-state index contributed by atoms with van der Waals surface area (Å²) in [6.45, 7) is 8.87. The molecule has 1 heteroatoms. The normalized spacial score (nSPS) is 11.2. The fourth-order valence-electron chi connectivity index (χ4n) is 0.547. The van der Waals surface area contributed by atoms with Gasteiger partial charge in [-0.3, -0.25) is 0 Å². The van der Waals surface area contributed by atoms with Crippen LogP contribution < -0.4 is 0 Å². The molecule has 0 fully saturated rings. The van der Waals surface area contributed by atoms with Crippen LogP contribution in [-0.4, -0.2) is 18.5 Å². The van der Waals surface area contributed by atoms with Gasteiger partial charge in [-0.1, -0.05) is 12.7 Å². The highest BCUT2D eigenvalue weighted by molar-refractivity contribution is 5.05. The van der Waals surface area contributed by atoms with Crippen molar-refractivity contribution in [2.24, 2.45) is 0 Å². The molecule has 0 atom stereocenters. The van der Waals surface area contributed by atoms with E-state index in [1.807, 2.05) is 12.2 Å². The van der Waals surface area contributed by atoms with E-state index in [9.17, 15) is 0 Å². The van der Waals surface area contributed by atoms with E-state index in [0.717, 1.165) is 6.54 Å². The van der Waals surface area contributed by atoms with Crippen molar-refractivity contribution in [1.82, 2.24) is 4.90 Å². The van der Waals surface area contributed by atoms with E-state index in [0.29, 0.717) is 0 Å². The summed E-state index contributed by atoms with van der Waals surface area (Å²) in [7, 11) is 2.06. The van der Waals surface area contributed by atoms with Crippen molar-refractivity contribution in [3.05, 3.63) is 24.4 Å². The van der Waals surface area contributed by atoms with Gasteiger partial charge >= 0.3 is 0 Å². The van der Waals surface area contributed by atoms with E-state index in [2.05, 4.69) is 32.4 Å². The second-order valence-corrected chi connectivity index (χ2v) is 2.06. The van der Waals surface area contributed by atoms with E-state index in [4.69, 9.17) is 0 Å². The lowest BCUT2D eigenvalue weighted by molar-refractivity contribution is 0.443.